The Bertz CT molecular complexity index is 2690. The number of anilines is 6. The second-order valence-corrected chi connectivity index (χ2v) is 14.3. The van der Waals surface area contributed by atoms with Crippen LogP contribution in [0.1, 0.15) is 52.1 Å². The molecule has 26 heteroatoms. The first-order chi connectivity index (χ1) is 30.9. The lowest BCUT2D eigenvalue weighted by Crippen LogP contribution is -2.48. The number of likely N-dealkylation sites (N-methyl/N-ethyl adjacent to an activating group) is 1. The topological polar surface area (TPSA) is 416 Å². The third-order valence-electron chi connectivity index (χ3n) is 9.62. The van der Waals surface area contributed by atoms with Crippen molar-refractivity contribution in [3.63, 3.8) is 0 Å². The van der Waals surface area contributed by atoms with Gasteiger partial charge in [-0.1, -0.05) is 0 Å². The summed E-state index contributed by atoms with van der Waals surface area (Å²) in [5, 5.41) is 49.8. The maximum Gasteiger partial charge on any atom is 0.326 e. The molecule has 5 aromatic rings. The van der Waals surface area contributed by atoms with Crippen molar-refractivity contribution in [3.8, 4) is 0 Å². The maximum absolute atomic E-state index is 12.3. The lowest BCUT2D eigenvalue weighted by Gasteiger charge is -2.35. The summed E-state index contributed by atoms with van der Waals surface area (Å²) >= 11 is 0. The van der Waals surface area contributed by atoms with Gasteiger partial charge in [-0.3, -0.25) is 38.7 Å². The fraction of sp³-hybridized carbons (Fsp3) is 0.282. The number of hydrogen-bond acceptors (Lipinski definition) is 18. The van der Waals surface area contributed by atoms with E-state index in [-0.39, 0.29) is 78.0 Å². The number of nitrogens with zero attached hydrogens (tertiary/aromatic N) is 5. The van der Waals surface area contributed by atoms with Crippen molar-refractivity contribution in [3.05, 3.63) is 92.3 Å². The fourth-order valence-corrected chi connectivity index (χ4v) is 6.17. The average Bonchev–Trinajstić information content (AvgIpc) is 3.25. The number of benzene rings is 2. The van der Waals surface area contributed by atoms with Gasteiger partial charge in [-0.2, -0.15) is 9.97 Å². The molecule has 0 radical (unpaired) electrons. The number of rotatable bonds is 18. The molecule has 0 saturated heterocycles. The van der Waals surface area contributed by atoms with E-state index in [0.29, 0.717) is 36.0 Å². The van der Waals surface area contributed by atoms with Crippen LogP contribution in [0.3, 0.4) is 0 Å². The number of nitrogens with two attached hydrogens (primary N) is 2. The van der Waals surface area contributed by atoms with Crippen LogP contribution >= 0.6 is 0 Å². The number of nitrogen functional groups attached to an aromatic ring is 2. The minimum atomic E-state index is -1.31. The molecule has 0 spiro atoms. The molecule has 1 aliphatic rings. The van der Waals surface area contributed by atoms with Crippen molar-refractivity contribution in [1.82, 2.24) is 40.5 Å². The highest BCUT2D eigenvalue weighted by atomic mass is 16.4. The molecule has 3 atom stereocenters. The quantitative estimate of drug-likeness (QED) is 0.0537. The predicted octanol–water partition coefficient (Wildman–Crippen LogP) is -0.302. The standard InChI is InChI=1S/C20H25N7O6.C19H19N7O6/c1-27-12(9-23-16-15(27)18(31)26-20(21)25-16)8-22-11-4-2-10(3-5-11)17(30)24-13(19(32)33)6-7-14(28)29;20-19-25-15-14(17(30)26-19)23-11(8-22-15)7-21-10-3-1-9(2-4-10)16(29)24-12(18(31)32)5-6-13(27)28/h2-5,12-13,22H,6-9H2,1H3,(H,24,30)(H,28,29)(H,32,33)(H4,21,23,25,26,31);1-4,8,12,21H,5-7H2,(H,24,29)(H,27,28)(H,31,32)(H3,20,22,25,26,30). The van der Waals surface area contributed by atoms with Gasteiger partial charge in [-0.25, -0.2) is 19.6 Å². The highest BCUT2D eigenvalue weighted by molar-refractivity contribution is 5.97. The van der Waals surface area contributed by atoms with E-state index in [0.717, 1.165) is 5.69 Å². The van der Waals surface area contributed by atoms with Crippen LogP contribution in [0.15, 0.2) is 64.3 Å². The van der Waals surface area contributed by atoms with Gasteiger partial charge in [0.25, 0.3) is 22.9 Å². The van der Waals surface area contributed by atoms with E-state index in [2.05, 4.69) is 56.5 Å². The summed E-state index contributed by atoms with van der Waals surface area (Å²) < 4.78 is 0. The lowest BCUT2D eigenvalue weighted by atomic mass is 10.1. The molecule has 342 valence electrons. The van der Waals surface area contributed by atoms with Gasteiger partial charge in [0.15, 0.2) is 17.0 Å². The van der Waals surface area contributed by atoms with Crippen LogP contribution in [0.2, 0.25) is 0 Å². The van der Waals surface area contributed by atoms with E-state index in [1.54, 1.807) is 31.3 Å². The zero-order valence-corrected chi connectivity index (χ0v) is 34.3. The summed E-state index contributed by atoms with van der Waals surface area (Å²) in [5.74, 6) is -5.75. The van der Waals surface area contributed by atoms with Gasteiger partial charge < -0.3 is 63.4 Å². The Hall–Kier alpha value is -8.84. The van der Waals surface area contributed by atoms with Crippen LogP contribution in [0.25, 0.3) is 11.2 Å². The van der Waals surface area contributed by atoms with Gasteiger partial charge in [0.05, 0.1) is 24.5 Å². The molecular formula is C39H44N14O12. The van der Waals surface area contributed by atoms with E-state index in [9.17, 15) is 43.5 Å². The van der Waals surface area contributed by atoms with Gasteiger partial charge in [0.2, 0.25) is 11.9 Å². The highest BCUT2D eigenvalue weighted by Gasteiger charge is 2.27. The van der Waals surface area contributed by atoms with E-state index < -0.39 is 53.3 Å². The van der Waals surface area contributed by atoms with Crippen molar-refractivity contribution < 1.29 is 49.2 Å². The molecule has 65 heavy (non-hydrogen) atoms. The van der Waals surface area contributed by atoms with Crippen LogP contribution in [-0.4, -0.2) is 124 Å². The molecular weight excluding hydrogens is 857 g/mol. The molecule has 26 nitrogen and oxygen atoms in total. The summed E-state index contributed by atoms with van der Waals surface area (Å²) in [4.78, 5) is 115. The average molecular weight is 901 g/mol. The number of carboxylic acids is 4. The predicted molar refractivity (Wildman–Crippen MR) is 233 cm³/mol. The third-order valence-corrected chi connectivity index (χ3v) is 9.62. The van der Waals surface area contributed by atoms with E-state index in [1.807, 2.05) is 4.90 Å². The first-order valence-corrected chi connectivity index (χ1v) is 19.4. The van der Waals surface area contributed by atoms with Crippen molar-refractivity contribution >= 4 is 81.6 Å². The van der Waals surface area contributed by atoms with Crippen LogP contribution in [0.5, 0.6) is 0 Å². The van der Waals surface area contributed by atoms with Crippen LogP contribution in [0.4, 0.5) is 34.8 Å². The number of aliphatic carboxylic acids is 4. The smallest absolute Gasteiger partial charge is 0.326 e. The zero-order valence-electron chi connectivity index (χ0n) is 34.3. The minimum Gasteiger partial charge on any atom is -0.481 e. The summed E-state index contributed by atoms with van der Waals surface area (Å²) in [6, 6.07) is 9.89. The molecule has 2 amide bonds. The van der Waals surface area contributed by atoms with Gasteiger partial charge in [-0.15, -0.1) is 0 Å². The Morgan fingerprint density at radius 1 is 0.738 bits per heavy atom. The molecule has 4 heterocycles. The van der Waals surface area contributed by atoms with Gasteiger partial charge in [0.1, 0.15) is 17.8 Å². The molecule has 1 aliphatic heterocycles. The summed E-state index contributed by atoms with van der Waals surface area (Å²) in [5.41, 5.74) is 13.1. The number of H-pyrrole nitrogens is 2. The Kier molecular flexibility index (Phi) is 15.5. The van der Waals surface area contributed by atoms with Crippen molar-refractivity contribution in [2.75, 3.05) is 52.5 Å². The van der Waals surface area contributed by atoms with Crippen molar-refractivity contribution in [1.29, 1.82) is 0 Å². The Labute approximate surface area is 365 Å². The Morgan fingerprint density at radius 2 is 1.25 bits per heavy atom. The number of fused-ring (bicyclic) bond motifs is 2. The summed E-state index contributed by atoms with van der Waals surface area (Å²) in [6.07, 6.45) is 0.254. The molecule has 0 saturated carbocycles. The van der Waals surface area contributed by atoms with Gasteiger partial charge >= 0.3 is 23.9 Å². The van der Waals surface area contributed by atoms with Crippen LogP contribution in [0, 0.1) is 0 Å². The number of carboxylic acid groups (broad SMARTS) is 4. The van der Waals surface area contributed by atoms with Crippen molar-refractivity contribution in [2.24, 2.45) is 0 Å². The SMILES string of the molecule is CN1c2c(nc(N)[nH]c2=O)NCC1CNc1ccc(C(=O)NC(CCC(=O)O)C(=O)O)cc1.Nc1nc2ncc(CNc3ccc(C(=O)NC(CCC(=O)O)C(=O)O)cc3)nc2c(=O)[nH]1. The largest absolute Gasteiger partial charge is 0.481 e. The number of aromatic nitrogens is 6. The van der Waals surface area contributed by atoms with Crippen molar-refractivity contribution in [2.45, 2.75) is 50.4 Å². The van der Waals surface area contributed by atoms with Gasteiger partial charge in [0, 0.05) is 55.5 Å². The molecule has 3 unspecified atom stereocenters. The lowest BCUT2D eigenvalue weighted by molar-refractivity contribution is -0.142. The second kappa shape index (κ2) is 21.3. The molecule has 0 bridgehead atoms. The molecule has 6 rings (SSSR count). The number of amides is 2. The second-order valence-electron chi connectivity index (χ2n) is 14.3. The first-order valence-electron chi connectivity index (χ1n) is 19.4. The first kappa shape index (κ1) is 47.2. The molecule has 2 aromatic carbocycles. The van der Waals surface area contributed by atoms with Gasteiger partial charge in [-0.05, 0) is 61.4 Å². The van der Waals surface area contributed by atoms with Crippen LogP contribution in [-0.2, 0) is 25.7 Å². The number of aromatic amines is 2. The summed E-state index contributed by atoms with van der Waals surface area (Å²) in [7, 11) is 1.79. The molecule has 3 aromatic heterocycles. The van der Waals surface area contributed by atoms with Crippen LogP contribution < -0.4 is 54.1 Å². The normalized spacial score (nSPS) is 13.7. The summed E-state index contributed by atoms with van der Waals surface area (Å²) in [6.45, 7) is 1.24. The van der Waals surface area contributed by atoms with E-state index in [4.69, 9.17) is 26.8 Å². The minimum absolute atomic E-state index is 0.0388. The monoisotopic (exact) mass is 900 g/mol. The Balaban J connectivity index is 0.000000244. The number of hydrogen-bond donors (Lipinski definition) is 13. The highest BCUT2D eigenvalue weighted by Crippen LogP contribution is 2.25. The molecule has 0 aliphatic carbocycles. The zero-order chi connectivity index (χ0) is 47.4. The third kappa shape index (κ3) is 13.1. The molecule has 15 N–H and O–H groups in total. The van der Waals surface area contributed by atoms with E-state index >= 15 is 0 Å². The Morgan fingerprint density at radius 3 is 1.77 bits per heavy atom. The number of carbonyl (C=O) groups is 6. The number of carbonyl (C=O) groups excluding carboxylic acids is 2. The number of nitrogens with one attached hydrogen (secondary N) is 7. The maximum atomic E-state index is 12.3. The fourth-order valence-electron chi connectivity index (χ4n) is 6.17. The van der Waals surface area contributed by atoms with E-state index in [1.165, 1.54) is 30.5 Å². The molecule has 0 fully saturated rings.